The molecule has 0 spiro atoms. The molecule has 0 aliphatic carbocycles. The Labute approximate surface area is 117 Å². The molecule has 1 aromatic rings. The zero-order chi connectivity index (χ0) is 14.8. The van der Waals surface area contributed by atoms with E-state index in [9.17, 15) is 13.2 Å². The molecule has 19 heavy (non-hydrogen) atoms. The van der Waals surface area contributed by atoms with Gasteiger partial charge in [-0.2, -0.15) is 4.72 Å². The summed E-state index contributed by atoms with van der Waals surface area (Å²) in [5.74, 6) is -0.981. The molecule has 1 aromatic heterocycles. The lowest BCUT2D eigenvalue weighted by molar-refractivity contribution is -0.120. The minimum absolute atomic E-state index is 0.0544. The van der Waals surface area contributed by atoms with Gasteiger partial charge in [0, 0.05) is 6.20 Å². The number of primary amides is 1. The lowest BCUT2D eigenvalue weighted by Gasteiger charge is -2.18. The molecule has 8 heteroatoms. The molecule has 0 aliphatic rings. The van der Waals surface area contributed by atoms with E-state index in [2.05, 4.69) is 9.71 Å². The van der Waals surface area contributed by atoms with Crippen molar-refractivity contribution < 1.29 is 13.2 Å². The molecule has 106 valence electrons. The summed E-state index contributed by atoms with van der Waals surface area (Å²) in [6, 6.07) is 0.414. The summed E-state index contributed by atoms with van der Waals surface area (Å²) in [5.41, 5.74) is 5.71. The van der Waals surface area contributed by atoms with Gasteiger partial charge in [0.2, 0.25) is 15.9 Å². The third kappa shape index (κ3) is 3.89. The maximum Gasteiger partial charge on any atom is 0.242 e. The van der Waals surface area contributed by atoms with Crippen LogP contribution in [0.5, 0.6) is 0 Å². The molecule has 0 aliphatic heterocycles. The summed E-state index contributed by atoms with van der Waals surface area (Å²) in [5, 5.41) is 0.231. The van der Waals surface area contributed by atoms with Gasteiger partial charge in [-0.1, -0.05) is 25.4 Å². The quantitative estimate of drug-likeness (QED) is 0.787. The Kier molecular flexibility index (Phi) is 4.89. The average Bonchev–Trinajstić information content (AvgIpc) is 2.28. The van der Waals surface area contributed by atoms with Crippen LogP contribution in [0, 0.1) is 12.8 Å². The number of pyridine rings is 1. The van der Waals surface area contributed by atoms with Crippen molar-refractivity contribution in [1.82, 2.24) is 9.71 Å². The van der Waals surface area contributed by atoms with Crippen LogP contribution in [0.3, 0.4) is 0 Å². The largest absolute Gasteiger partial charge is 0.368 e. The maximum atomic E-state index is 12.1. The number of amides is 1. The molecule has 0 bridgehead atoms. The number of halogens is 1. The van der Waals surface area contributed by atoms with Gasteiger partial charge >= 0.3 is 0 Å². The molecule has 1 rings (SSSR count). The fraction of sp³-hybridized carbons (Fsp3) is 0.455. The Hall–Kier alpha value is -1.18. The Morgan fingerprint density at radius 3 is 2.47 bits per heavy atom. The number of nitrogens with zero attached hydrogens (tertiary/aromatic N) is 1. The number of aromatic nitrogens is 1. The summed E-state index contributed by atoms with van der Waals surface area (Å²) in [6.45, 7) is 5.04. The van der Waals surface area contributed by atoms with E-state index < -0.39 is 22.0 Å². The van der Waals surface area contributed by atoms with E-state index in [-0.39, 0.29) is 16.0 Å². The van der Waals surface area contributed by atoms with Gasteiger partial charge in [-0.05, 0) is 24.5 Å². The van der Waals surface area contributed by atoms with Crippen LogP contribution in [0.2, 0.25) is 5.15 Å². The van der Waals surface area contributed by atoms with Crippen molar-refractivity contribution in [3.63, 3.8) is 0 Å². The van der Waals surface area contributed by atoms with Crippen LogP contribution in [-0.4, -0.2) is 25.4 Å². The Morgan fingerprint density at radius 2 is 2.05 bits per heavy atom. The van der Waals surface area contributed by atoms with Crippen LogP contribution in [-0.2, 0) is 14.8 Å². The predicted molar refractivity (Wildman–Crippen MR) is 72.1 cm³/mol. The van der Waals surface area contributed by atoms with E-state index in [1.807, 2.05) is 0 Å². The lowest BCUT2D eigenvalue weighted by atomic mass is 10.1. The van der Waals surface area contributed by atoms with Crippen molar-refractivity contribution in [3.05, 3.63) is 23.0 Å². The highest BCUT2D eigenvalue weighted by Crippen LogP contribution is 2.17. The van der Waals surface area contributed by atoms with E-state index in [4.69, 9.17) is 17.3 Å². The molecule has 0 fully saturated rings. The second kappa shape index (κ2) is 5.85. The smallest absolute Gasteiger partial charge is 0.242 e. The van der Waals surface area contributed by atoms with Crippen molar-refractivity contribution in [1.29, 1.82) is 0 Å². The van der Waals surface area contributed by atoms with E-state index >= 15 is 0 Å². The number of hydrogen-bond acceptors (Lipinski definition) is 4. The number of hydrogen-bond donors (Lipinski definition) is 2. The molecule has 1 amide bonds. The SMILES string of the molecule is Cc1cc(S(=O)(=O)N[C@@H](C(N)=O)C(C)C)cnc1Cl. The normalized spacial score (nSPS) is 13.5. The topological polar surface area (TPSA) is 102 Å². The summed E-state index contributed by atoms with van der Waals surface area (Å²) in [4.78, 5) is 14.9. The van der Waals surface area contributed by atoms with Gasteiger partial charge < -0.3 is 5.73 Å². The Bertz CT molecular complexity index is 587. The van der Waals surface area contributed by atoms with Crippen molar-refractivity contribution >= 4 is 27.5 Å². The number of carbonyl (C=O) groups excluding carboxylic acids is 1. The van der Waals surface area contributed by atoms with Crippen molar-refractivity contribution in [2.45, 2.75) is 31.7 Å². The van der Waals surface area contributed by atoms with Crippen LogP contribution < -0.4 is 10.5 Å². The van der Waals surface area contributed by atoms with Crippen molar-refractivity contribution in [3.8, 4) is 0 Å². The highest BCUT2D eigenvalue weighted by atomic mass is 35.5. The van der Waals surface area contributed by atoms with Crippen LogP contribution in [0.25, 0.3) is 0 Å². The predicted octanol–water partition coefficient (Wildman–Crippen LogP) is 0.832. The lowest BCUT2D eigenvalue weighted by Crippen LogP contribution is -2.47. The molecule has 0 saturated carbocycles. The fourth-order valence-electron chi connectivity index (χ4n) is 1.44. The number of carbonyl (C=O) groups is 1. The van der Waals surface area contributed by atoms with E-state index in [1.165, 1.54) is 6.07 Å². The molecule has 0 aromatic carbocycles. The summed E-state index contributed by atoms with van der Waals surface area (Å²) < 4.78 is 26.5. The van der Waals surface area contributed by atoms with Gasteiger partial charge in [-0.3, -0.25) is 4.79 Å². The Balaban J connectivity index is 3.10. The number of sulfonamides is 1. The molecular weight excluding hydrogens is 290 g/mol. The van der Waals surface area contributed by atoms with Gasteiger partial charge in [-0.15, -0.1) is 0 Å². The molecule has 1 heterocycles. The van der Waals surface area contributed by atoms with Gasteiger partial charge in [0.25, 0.3) is 0 Å². The Morgan fingerprint density at radius 1 is 1.47 bits per heavy atom. The highest BCUT2D eigenvalue weighted by molar-refractivity contribution is 7.89. The first-order valence-electron chi connectivity index (χ1n) is 5.59. The van der Waals surface area contributed by atoms with E-state index in [1.54, 1.807) is 20.8 Å². The minimum Gasteiger partial charge on any atom is -0.368 e. The number of aryl methyl sites for hydroxylation is 1. The van der Waals surface area contributed by atoms with Crippen LogP contribution in [0.4, 0.5) is 0 Å². The summed E-state index contributed by atoms with van der Waals surface area (Å²) in [7, 11) is -3.86. The summed E-state index contributed by atoms with van der Waals surface area (Å²) >= 11 is 5.74. The van der Waals surface area contributed by atoms with Gasteiger partial charge in [0.1, 0.15) is 16.1 Å². The van der Waals surface area contributed by atoms with Crippen molar-refractivity contribution in [2.24, 2.45) is 11.7 Å². The van der Waals surface area contributed by atoms with Crippen LogP contribution in [0.1, 0.15) is 19.4 Å². The molecule has 0 unspecified atom stereocenters. The second-order valence-corrected chi connectivity index (χ2v) is 6.60. The zero-order valence-corrected chi connectivity index (χ0v) is 12.4. The third-order valence-corrected chi connectivity index (χ3v) is 4.36. The highest BCUT2D eigenvalue weighted by Gasteiger charge is 2.27. The van der Waals surface area contributed by atoms with Crippen molar-refractivity contribution in [2.75, 3.05) is 0 Å². The maximum absolute atomic E-state index is 12.1. The number of rotatable bonds is 5. The molecule has 1 atom stereocenters. The summed E-state index contributed by atoms with van der Waals surface area (Å²) in [6.07, 6.45) is 1.13. The molecule has 0 radical (unpaired) electrons. The standard InChI is InChI=1S/C11H16ClN3O3S/c1-6(2)9(11(13)16)15-19(17,18)8-4-7(3)10(12)14-5-8/h4-6,9,15H,1-3H3,(H2,13,16)/t9-/m1/s1. The molecule has 0 saturated heterocycles. The van der Waals surface area contributed by atoms with Gasteiger partial charge in [0.05, 0.1) is 0 Å². The second-order valence-electron chi connectivity index (χ2n) is 4.52. The van der Waals surface area contributed by atoms with Crippen LogP contribution >= 0.6 is 11.6 Å². The fourth-order valence-corrected chi connectivity index (χ4v) is 2.92. The van der Waals surface area contributed by atoms with Crippen LogP contribution in [0.15, 0.2) is 17.2 Å². The number of nitrogens with two attached hydrogens (primary N) is 1. The molecular formula is C11H16ClN3O3S. The first-order chi connectivity index (χ1) is 8.65. The van der Waals surface area contributed by atoms with Gasteiger partial charge in [0.15, 0.2) is 0 Å². The average molecular weight is 306 g/mol. The molecule has 3 N–H and O–H groups in total. The third-order valence-electron chi connectivity index (χ3n) is 2.55. The first-order valence-corrected chi connectivity index (χ1v) is 7.45. The van der Waals surface area contributed by atoms with E-state index in [0.717, 1.165) is 6.20 Å². The monoisotopic (exact) mass is 305 g/mol. The van der Waals surface area contributed by atoms with E-state index in [0.29, 0.717) is 5.56 Å². The number of nitrogens with one attached hydrogen (secondary N) is 1. The molecule has 6 nitrogen and oxygen atoms in total. The zero-order valence-electron chi connectivity index (χ0n) is 10.8. The van der Waals surface area contributed by atoms with Gasteiger partial charge in [-0.25, -0.2) is 13.4 Å². The minimum atomic E-state index is -3.86. The first kappa shape index (κ1) is 15.9.